The summed E-state index contributed by atoms with van der Waals surface area (Å²) in [6.07, 6.45) is 0.952. The van der Waals surface area contributed by atoms with Gasteiger partial charge in [-0.25, -0.2) is 0 Å². The molecule has 0 aliphatic carbocycles. The summed E-state index contributed by atoms with van der Waals surface area (Å²) >= 11 is 0. The Balaban J connectivity index is 1.65. The number of benzene rings is 3. The van der Waals surface area contributed by atoms with Gasteiger partial charge in [-0.15, -0.1) is 0 Å². The minimum absolute atomic E-state index is 0.234. The van der Waals surface area contributed by atoms with Crippen molar-refractivity contribution in [3.63, 3.8) is 0 Å². The molecule has 31 heavy (non-hydrogen) atoms. The zero-order chi connectivity index (χ0) is 22.2. The zero-order valence-corrected chi connectivity index (χ0v) is 18.1. The number of nitrogens with one attached hydrogen (secondary N) is 2. The Kier molecular flexibility index (Phi) is 7.44. The molecule has 0 spiro atoms. The minimum atomic E-state index is -0.259. The van der Waals surface area contributed by atoms with Gasteiger partial charge in [-0.05, 0) is 73.4 Å². The molecule has 160 valence electrons. The molecule has 3 aromatic carbocycles. The van der Waals surface area contributed by atoms with Crippen LogP contribution in [0.3, 0.4) is 0 Å². The highest BCUT2D eigenvalue weighted by Crippen LogP contribution is 2.18. The van der Waals surface area contributed by atoms with E-state index in [1.165, 1.54) is 0 Å². The van der Waals surface area contributed by atoms with Gasteiger partial charge in [-0.3, -0.25) is 9.59 Å². The van der Waals surface area contributed by atoms with Crippen LogP contribution in [0.15, 0.2) is 72.8 Å². The maximum atomic E-state index is 12.7. The molecule has 5 heteroatoms. The van der Waals surface area contributed by atoms with E-state index in [4.69, 9.17) is 4.74 Å². The van der Waals surface area contributed by atoms with Crippen LogP contribution in [-0.2, 0) is 0 Å². The minimum Gasteiger partial charge on any atom is -0.494 e. The normalized spacial score (nSPS) is 10.6. The van der Waals surface area contributed by atoms with E-state index in [0.29, 0.717) is 35.1 Å². The lowest BCUT2D eigenvalue weighted by Gasteiger charge is -2.11. The molecule has 0 heterocycles. The van der Waals surface area contributed by atoms with E-state index >= 15 is 0 Å². The first kappa shape index (κ1) is 22.1. The molecule has 2 amide bonds. The van der Waals surface area contributed by atoms with Crippen molar-refractivity contribution in [2.45, 2.75) is 27.2 Å². The van der Waals surface area contributed by atoms with E-state index in [1.54, 1.807) is 42.5 Å². The van der Waals surface area contributed by atoms with Gasteiger partial charge in [0, 0.05) is 22.5 Å². The third-order valence-electron chi connectivity index (χ3n) is 4.72. The second kappa shape index (κ2) is 10.4. The molecule has 3 rings (SSSR count). The molecule has 0 fully saturated rings. The monoisotopic (exact) mass is 416 g/mol. The lowest BCUT2D eigenvalue weighted by Crippen LogP contribution is -2.15. The molecule has 5 nitrogen and oxygen atoms in total. The number of amides is 2. The first-order valence-electron chi connectivity index (χ1n) is 10.4. The number of hydrogen-bond donors (Lipinski definition) is 2. The fourth-order valence-corrected chi connectivity index (χ4v) is 3.01. The van der Waals surface area contributed by atoms with Gasteiger partial charge in [-0.2, -0.15) is 0 Å². The van der Waals surface area contributed by atoms with E-state index in [-0.39, 0.29) is 11.8 Å². The van der Waals surface area contributed by atoms with Crippen LogP contribution in [0, 0.1) is 12.8 Å². The molecule has 3 aromatic rings. The molecule has 0 radical (unpaired) electrons. The van der Waals surface area contributed by atoms with Crippen LogP contribution in [0.5, 0.6) is 5.75 Å². The molecule has 0 aliphatic rings. The van der Waals surface area contributed by atoms with Crippen molar-refractivity contribution >= 4 is 23.2 Å². The summed E-state index contributed by atoms with van der Waals surface area (Å²) in [6.45, 7) is 6.86. The highest BCUT2D eigenvalue weighted by molar-refractivity contribution is 6.07. The van der Waals surface area contributed by atoms with Gasteiger partial charge in [0.2, 0.25) is 0 Å². The molecule has 0 saturated heterocycles. The fraction of sp³-hybridized carbons (Fsp3) is 0.231. The fourth-order valence-electron chi connectivity index (χ4n) is 3.01. The summed E-state index contributed by atoms with van der Waals surface area (Å²) in [5.74, 6) is 0.731. The number of aryl methyl sites for hydroxylation is 1. The van der Waals surface area contributed by atoms with Crippen molar-refractivity contribution in [1.29, 1.82) is 0 Å². The number of anilines is 2. The zero-order valence-electron chi connectivity index (χ0n) is 18.1. The van der Waals surface area contributed by atoms with Gasteiger partial charge < -0.3 is 15.4 Å². The quantitative estimate of drug-likeness (QED) is 0.479. The van der Waals surface area contributed by atoms with E-state index < -0.39 is 0 Å². The highest BCUT2D eigenvalue weighted by Gasteiger charge is 2.11. The Hall–Kier alpha value is -3.60. The molecule has 0 saturated carbocycles. The van der Waals surface area contributed by atoms with Gasteiger partial charge >= 0.3 is 0 Å². The Morgan fingerprint density at radius 1 is 0.806 bits per heavy atom. The van der Waals surface area contributed by atoms with Crippen molar-refractivity contribution in [1.82, 2.24) is 0 Å². The SMILES string of the molecule is Cc1cccc(NC(=O)c2cccc(NC(=O)c3cccc(OCCC(C)C)c3)c2)c1. The Bertz CT molecular complexity index is 1060. The van der Waals surface area contributed by atoms with Crippen molar-refractivity contribution < 1.29 is 14.3 Å². The summed E-state index contributed by atoms with van der Waals surface area (Å²) in [5, 5.41) is 5.73. The Labute approximate surface area is 183 Å². The predicted molar refractivity (Wildman–Crippen MR) is 125 cm³/mol. The van der Waals surface area contributed by atoms with Crippen LogP contribution in [0.4, 0.5) is 11.4 Å². The van der Waals surface area contributed by atoms with E-state index in [9.17, 15) is 9.59 Å². The molecule has 2 N–H and O–H groups in total. The Morgan fingerprint density at radius 2 is 1.39 bits per heavy atom. The van der Waals surface area contributed by atoms with Crippen molar-refractivity contribution in [2.75, 3.05) is 17.2 Å². The number of ether oxygens (including phenoxy) is 1. The Morgan fingerprint density at radius 3 is 2.03 bits per heavy atom. The van der Waals surface area contributed by atoms with Crippen LogP contribution < -0.4 is 15.4 Å². The van der Waals surface area contributed by atoms with E-state index in [2.05, 4.69) is 24.5 Å². The number of carbonyl (C=O) groups excluding carboxylic acids is 2. The molecular formula is C26H28N2O3. The number of hydrogen-bond acceptors (Lipinski definition) is 3. The third kappa shape index (κ3) is 6.71. The van der Waals surface area contributed by atoms with E-state index in [0.717, 1.165) is 17.7 Å². The summed E-state index contributed by atoms with van der Waals surface area (Å²) < 4.78 is 5.74. The van der Waals surface area contributed by atoms with Crippen LogP contribution in [0.2, 0.25) is 0 Å². The van der Waals surface area contributed by atoms with Crippen molar-refractivity contribution in [3.8, 4) is 5.75 Å². The largest absolute Gasteiger partial charge is 0.494 e. The topological polar surface area (TPSA) is 67.4 Å². The molecular weight excluding hydrogens is 388 g/mol. The molecule has 0 unspecified atom stereocenters. The molecule has 0 aliphatic heterocycles. The lowest BCUT2D eigenvalue weighted by atomic mass is 10.1. The van der Waals surface area contributed by atoms with Crippen LogP contribution in [-0.4, -0.2) is 18.4 Å². The van der Waals surface area contributed by atoms with Gasteiger partial charge in [0.1, 0.15) is 5.75 Å². The van der Waals surface area contributed by atoms with Gasteiger partial charge in [0.25, 0.3) is 11.8 Å². The molecule has 0 bridgehead atoms. The lowest BCUT2D eigenvalue weighted by molar-refractivity contribution is 0.101. The second-order valence-corrected chi connectivity index (χ2v) is 7.92. The van der Waals surface area contributed by atoms with E-state index in [1.807, 2.05) is 37.3 Å². The predicted octanol–water partition coefficient (Wildman–Crippen LogP) is 5.92. The summed E-state index contributed by atoms with van der Waals surface area (Å²) in [5.41, 5.74) is 3.30. The number of rotatable bonds is 8. The summed E-state index contributed by atoms with van der Waals surface area (Å²) in [7, 11) is 0. The number of carbonyl (C=O) groups is 2. The smallest absolute Gasteiger partial charge is 0.255 e. The average molecular weight is 417 g/mol. The van der Waals surface area contributed by atoms with Crippen LogP contribution >= 0.6 is 0 Å². The maximum absolute atomic E-state index is 12.7. The maximum Gasteiger partial charge on any atom is 0.255 e. The van der Waals surface area contributed by atoms with Gasteiger partial charge in [-0.1, -0.05) is 38.1 Å². The first-order chi connectivity index (χ1) is 14.9. The van der Waals surface area contributed by atoms with Crippen LogP contribution in [0.25, 0.3) is 0 Å². The molecule has 0 aromatic heterocycles. The van der Waals surface area contributed by atoms with Crippen molar-refractivity contribution in [2.24, 2.45) is 5.92 Å². The second-order valence-electron chi connectivity index (χ2n) is 7.92. The third-order valence-corrected chi connectivity index (χ3v) is 4.72. The summed E-state index contributed by atoms with van der Waals surface area (Å²) in [6, 6.07) is 21.6. The molecule has 0 atom stereocenters. The first-order valence-corrected chi connectivity index (χ1v) is 10.4. The highest BCUT2D eigenvalue weighted by atomic mass is 16.5. The standard InChI is InChI=1S/C26H28N2O3/c1-18(2)13-14-31-24-12-6-9-21(17-24)26(30)28-23-11-5-8-20(16-23)25(29)27-22-10-4-7-19(3)15-22/h4-12,15-18H,13-14H2,1-3H3,(H,27,29)(H,28,30). The van der Waals surface area contributed by atoms with Gasteiger partial charge in [0.15, 0.2) is 0 Å². The average Bonchev–Trinajstić information content (AvgIpc) is 2.74. The summed E-state index contributed by atoms with van der Waals surface area (Å²) in [4.78, 5) is 25.3. The van der Waals surface area contributed by atoms with Crippen molar-refractivity contribution in [3.05, 3.63) is 89.5 Å². The van der Waals surface area contributed by atoms with Crippen LogP contribution in [0.1, 0.15) is 46.5 Å². The van der Waals surface area contributed by atoms with Gasteiger partial charge in [0.05, 0.1) is 6.61 Å².